The molecule has 26 heavy (non-hydrogen) atoms. The van der Waals surface area contributed by atoms with Crippen LogP contribution in [0.5, 0.6) is 0 Å². The van der Waals surface area contributed by atoms with Crippen LogP contribution in [0.2, 0.25) is 5.02 Å². The fourth-order valence-corrected chi connectivity index (χ4v) is 4.95. The van der Waals surface area contributed by atoms with E-state index in [2.05, 4.69) is 51.3 Å². The van der Waals surface area contributed by atoms with Crippen LogP contribution in [0.15, 0.2) is 36.9 Å². The fourth-order valence-electron chi connectivity index (χ4n) is 3.70. The molecule has 1 aromatic carbocycles. The molecule has 144 valence electrons. The number of piperidine rings is 1. The van der Waals surface area contributed by atoms with Crippen molar-refractivity contribution in [1.82, 2.24) is 4.90 Å². The number of halogens is 1. The van der Waals surface area contributed by atoms with Crippen LogP contribution < -0.4 is 0 Å². The van der Waals surface area contributed by atoms with Gasteiger partial charge in [0.1, 0.15) is 0 Å². The number of allylic oxidation sites excluding steroid dienone is 1. The van der Waals surface area contributed by atoms with Gasteiger partial charge in [0.2, 0.25) is 5.91 Å². The second kappa shape index (κ2) is 9.85. The van der Waals surface area contributed by atoms with Crippen molar-refractivity contribution >= 4 is 29.3 Å². The first-order valence-electron chi connectivity index (χ1n) is 9.65. The highest BCUT2D eigenvalue weighted by Crippen LogP contribution is 2.39. The zero-order valence-corrected chi connectivity index (χ0v) is 18.0. The van der Waals surface area contributed by atoms with Gasteiger partial charge in [0, 0.05) is 22.7 Å². The van der Waals surface area contributed by atoms with Crippen LogP contribution >= 0.6 is 23.4 Å². The summed E-state index contributed by atoms with van der Waals surface area (Å²) in [6.45, 7) is 12.8. The average molecular weight is 394 g/mol. The first kappa shape index (κ1) is 21.4. The van der Waals surface area contributed by atoms with Crippen LogP contribution in [0.3, 0.4) is 0 Å². The number of thioether (sulfide) groups is 1. The van der Waals surface area contributed by atoms with E-state index < -0.39 is 0 Å². The second-order valence-corrected chi connectivity index (χ2v) is 9.85. The standard InChI is InChI=1S/C22H32ClNOS/c1-6-7-18-10-13-20(17-8-11-19(23)12-9-17)24(22(18)25)21(15(2)3)14-26-16(4)5/h6,8-9,11-12,15-16,18,20-21H,1,7,10,13-14H2,2-5H3. The summed E-state index contributed by atoms with van der Waals surface area (Å²) in [6, 6.07) is 8.40. The fraction of sp³-hybridized carbons (Fsp3) is 0.591. The van der Waals surface area contributed by atoms with E-state index in [0.717, 1.165) is 30.0 Å². The highest BCUT2D eigenvalue weighted by Gasteiger charge is 2.40. The Morgan fingerprint density at radius 1 is 1.23 bits per heavy atom. The van der Waals surface area contributed by atoms with Gasteiger partial charge in [-0.1, -0.05) is 57.5 Å². The van der Waals surface area contributed by atoms with Gasteiger partial charge in [0.15, 0.2) is 0 Å². The number of carbonyl (C=O) groups excluding carboxylic acids is 1. The number of carbonyl (C=O) groups is 1. The van der Waals surface area contributed by atoms with Crippen molar-refractivity contribution in [3.05, 3.63) is 47.5 Å². The third-order valence-electron chi connectivity index (χ3n) is 5.16. The van der Waals surface area contributed by atoms with Gasteiger partial charge >= 0.3 is 0 Å². The maximum atomic E-state index is 13.4. The lowest BCUT2D eigenvalue weighted by Crippen LogP contribution is -2.52. The normalized spacial score (nSPS) is 22.1. The van der Waals surface area contributed by atoms with E-state index in [-0.39, 0.29) is 18.0 Å². The molecule has 2 nitrogen and oxygen atoms in total. The van der Waals surface area contributed by atoms with E-state index >= 15 is 0 Å². The number of benzene rings is 1. The molecule has 1 heterocycles. The smallest absolute Gasteiger partial charge is 0.226 e. The summed E-state index contributed by atoms with van der Waals surface area (Å²) in [6.07, 6.45) is 4.58. The molecule has 0 aromatic heterocycles. The van der Waals surface area contributed by atoms with E-state index in [1.807, 2.05) is 30.0 Å². The maximum absolute atomic E-state index is 13.4. The number of hydrogen-bond acceptors (Lipinski definition) is 2. The lowest BCUT2D eigenvalue weighted by atomic mass is 9.84. The Hall–Kier alpha value is -0.930. The largest absolute Gasteiger partial charge is 0.331 e. The predicted octanol–water partition coefficient (Wildman–Crippen LogP) is 6.36. The molecule has 3 unspecified atom stereocenters. The summed E-state index contributed by atoms with van der Waals surface area (Å²) in [5.41, 5.74) is 1.19. The number of hydrogen-bond donors (Lipinski definition) is 0. The minimum atomic E-state index is 0.0707. The molecule has 4 heteroatoms. The molecule has 0 radical (unpaired) electrons. The first-order valence-corrected chi connectivity index (χ1v) is 11.1. The average Bonchev–Trinajstić information content (AvgIpc) is 2.58. The topological polar surface area (TPSA) is 20.3 Å². The van der Waals surface area contributed by atoms with Crippen molar-refractivity contribution in [3.8, 4) is 0 Å². The van der Waals surface area contributed by atoms with Gasteiger partial charge < -0.3 is 4.90 Å². The van der Waals surface area contributed by atoms with Crippen LogP contribution in [-0.2, 0) is 4.79 Å². The van der Waals surface area contributed by atoms with Crippen molar-refractivity contribution in [3.63, 3.8) is 0 Å². The molecule has 0 bridgehead atoms. The molecule has 2 rings (SSSR count). The Kier molecular flexibility index (Phi) is 8.09. The summed E-state index contributed by atoms with van der Waals surface area (Å²) in [7, 11) is 0. The summed E-state index contributed by atoms with van der Waals surface area (Å²) in [5.74, 6) is 1.76. The molecule has 0 N–H and O–H groups in total. The molecule has 1 aliphatic rings. The van der Waals surface area contributed by atoms with E-state index in [4.69, 9.17) is 11.6 Å². The van der Waals surface area contributed by atoms with Gasteiger partial charge in [-0.3, -0.25) is 4.79 Å². The molecular weight excluding hydrogens is 362 g/mol. The van der Waals surface area contributed by atoms with Crippen LogP contribution in [0.1, 0.15) is 58.6 Å². The highest BCUT2D eigenvalue weighted by atomic mass is 35.5. The van der Waals surface area contributed by atoms with Crippen molar-refractivity contribution < 1.29 is 4.79 Å². The van der Waals surface area contributed by atoms with Crippen molar-refractivity contribution in [1.29, 1.82) is 0 Å². The Morgan fingerprint density at radius 3 is 2.42 bits per heavy atom. The number of rotatable bonds is 8. The SMILES string of the molecule is C=CCC1CCC(c2ccc(Cl)cc2)N(C(CSC(C)C)C(C)C)C1=O. The summed E-state index contributed by atoms with van der Waals surface area (Å²) < 4.78 is 0. The van der Waals surface area contributed by atoms with E-state index in [0.29, 0.717) is 17.1 Å². The van der Waals surface area contributed by atoms with Gasteiger partial charge in [-0.15, -0.1) is 6.58 Å². The minimum absolute atomic E-state index is 0.0707. The highest BCUT2D eigenvalue weighted by molar-refractivity contribution is 7.99. The summed E-state index contributed by atoms with van der Waals surface area (Å²) in [5, 5.41) is 1.30. The molecule has 1 saturated heterocycles. The Bertz CT molecular complexity index is 599. The van der Waals surface area contributed by atoms with Crippen LogP contribution in [0, 0.1) is 11.8 Å². The molecule has 1 aromatic rings. The zero-order chi connectivity index (χ0) is 19.3. The summed E-state index contributed by atoms with van der Waals surface area (Å²) in [4.78, 5) is 15.6. The summed E-state index contributed by atoms with van der Waals surface area (Å²) >= 11 is 8.03. The van der Waals surface area contributed by atoms with Crippen LogP contribution in [-0.4, -0.2) is 27.9 Å². The van der Waals surface area contributed by atoms with Gasteiger partial charge in [-0.05, 0) is 48.1 Å². The predicted molar refractivity (Wildman–Crippen MR) is 115 cm³/mol. The maximum Gasteiger partial charge on any atom is 0.226 e. The third-order valence-corrected chi connectivity index (χ3v) is 6.61. The molecule has 0 spiro atoms. The van der Waals surface area contributed by atoms with E-state index in [1.165, 1.54) is 5.56 Å². The zero-order valence-electron chi connectivity index (χ0n) is 16.5. The molecular formula is C22H32ClNOS. The first-order chi connectivity index (χ1) is 12.3. The number of nitrogens with zero attached hydrogens (tertiary/aromatic N) is 1. The quantitative estimate of drug-likeness (QED) is 0.478. The van der Waals surface area contributed by atoms with Gasteiger partial charge in [-0.2, -0.15) is 11.8 Å². The molecule has 1 aliphatic heterocycles. The van der Waals surface area contributed by atoms with Gasteiger partial charge in [-0.25, -0.2) is 0 Å². The van der Waals surface area contributed by atoms with Crippen molar-refractivity contribution in [2.45, 2.75) is 64.3 Å². The molecule has 1 fully saturated rings. The van der Waals surface area contributed by atoms with Crippen LogP contribution in [0.4, 0.5) is 0 Å². The minimum Gasteiger partial charge on any atom is -0.331 e. The van der Waals surface area contributed by atoms with Crippen LogP contribution in [0.25, 0.3) is 0 Å². The van der Waals surface area contributed by atoms with E-state index in [9.17, 15) is 4.79 Å². The lowest BCUT2D eigenvalue weighted by molar-refractivity contribution is -0.145. The monoisotopic (exact) mass is 393 g/mol. The van der Waals surface area contributed by atoms with Crippen molar-refractivity contribution in [2.24, 2.45) is 11.8 Å². The number of amides is 1. The lowest BCUT2D eigenvalue weighted by Gasteiger charge is -2.46. The van der Waals surface area contributed by atoms with Gasteiger partial charge in [0.05, 0.1) is 6.04 Å². The van der Waals surface area contributed by atoms with Gasteiger partial charge in [0.25, 0.3) is 0 Å². The Balaban J connectivity index is 2.36. The third kappa shape index (κ3) is 5.29. The molecule has 0 saturated carbocycles. The molecule has 1 amide bonds. The molecule has 0 aliphatic carbocycles. The molecule has 3 atom stereocenters. The Morgan fingerprint density at radius 2 is 1.88 bits per heavy atom. The second-order valence-electron chi connectivity index (χ2n) is 7.80. The Labute approximate surface area is 168 Å². The van der Waals surface area contributed by atoms with E-state index in [1.54, 1.807) is 0 Å². The van der Waals surface area contributed by atoms with Crippen molar-refractivity contribution in [2.75, 3.05) is 5.75 Å². The number of likely N-dealkylation sites (tertiary alicyclic amines) is 1.